The molecule has 0 N–H and O–H groups in total. The molecule has 0 atom stereocenters. The second kappa shape index (κ2) is 6.44. The van der Waals surface area contributed by atoms with E-state index >= 15 is 0 Å². The molecule has 0 spiro atoms. The molecule has 0 aliphatic rings. The lowest BCUT2D eigenvalue weighted by Crippen LogP contribution is -2.08. The van der Waals surface area contributed by atoms with Gasteiger partial charge in [-0.2, -0.15) is 0 Å². The molecule has 3 aromatic rings. The SMILES string of the molecule is CN(C)c1ccc(C(=O)/C=C/c2ccc3ncccc3c2)cc1. The van der Waals surface area contributed by atoms with Crippen LogP contribution in [0.4, 0.5) is 5.69 Å². The lowest BCUT2D eigenvalue weighted by Gasteiger charge is -2.11. The zero-order valence-corrected chi connectivity index (χ0v) is 13.2. The molecule has 3 heteroatoms. The molecule has 3 rings (SSSR count). The molecule has 1 heterocycles. The average molecular weight is 302 g/mol. The van der Waals surface area contributed by atoms with Crippen molar-refractivity contribution in [3.8, 4) is 0 Å². The maximum Gasteiger partial charge on any atom is 0.185 e. The summed E-state index contributed by atoms with van der Waals surface area (Å²) in [5.41, 5.74) is 3.71. The highest BCUT2D eigenvalue weighted by atomic mass is 16.1. The van der Waals surface area contributed by atoms with Gasteiger partial charge in [0, 0.05) is 36.9 Å². The zero-order valence-electron chi connectivity index (χ0n) is 13.2. The second-order valence-electron chi connectivity index (χ2n) is 5.59. The first-order valence-electron chi connectivity index (χ1n) is 7.48. The minimum atomic E-state index is 0.00147. The number of ketones is 1. The molecule has 0 amide bonds. The molecular weight excluding hydrogens is 284 g/mol. The Hall–Kier alpha value is -2.94. The summed E-state index contributed by atoms with van der Waals surface area (Å²) < 4.78 is 0. The van der Waals surface area contributed by atoms with E-state index < -0.39 is 0 Å². The first-order valence-corrected chi connectivity index (χ1v) is 7.48. The molecular formula is C20H18N2O. The standard InChI is InChI=1S/C20H18N2O/c1-22(2)18-9-7-16(8-10-18)20(23)12-6-15-5-11-19-17(14-15)4-3-13-21-19/h3-14H,1-2H3/b12-6+. The van der Waals surface area contributed by atoms with E-state index in [0.717, 1.165) is 22.2 Å². The number of allylic oxidation sites excluding steroid dienone is 1. The number of carbonyl (C=O) groups excluding carboxylic acids is 1. The monoisotopic (exact) mass is 302 g/mol. The molecule has 3 nitrogen and oxygen atoms in total. The van der Waals surface area contributed by atoms with Gasteiger partial charge < -0.3 is 4.90 Å². The Labute approximate surface area is 135 Å². The van der Waals surface area contributed by atoms with Gasteiger partial charge in [-0.05, 0) is 54.1 Å². The lowest BCUT2D eigenvalue weighted by atomic mass is 10.1. The topological polar surface area (TPSA) is 33.2 Å². The number of anilines is 1. The number of hydrogen-bond acceptors (Lipinski definition) is 3. The number of pyridine rings is 1. The minimum Gasteiger partial charge on any atom is -0.378 e. The van der Waals surface area contributed by atoms with Gasteiger partial charge in [0.25, 0.3) is 0 Å². The fraction of sp³-hybridized carbons (Fsp3) is 0.100. The van der Waals surface area contributed by atoms with Gasteiger partial charge in [0.2, 0.25) is 0 Å². The smallest absolute Gasteiger partial charge is 0.185 e. The van der Waals surface area contributed by atoms with Crippen molar-refractivity contribution >= 4 is 28.4 Å². The Bertz CT molecular complexity index is 864. The van der Waals surface area contributed by atoms with Crippen LogP contribution in [0.1, 0.15) is 15.9 Å². The number of aromatic nitrogens is 1. The summed E-state index contributed by atoms with van der Waals surface area (Å²) in [5.74, 6) is 0.00147. The van der Waals surface area contributed by atoms with Crippen LogP contribution in [0.15, 0.2) is 66.9 Å². The van der Waals surface area contributed by atoms with Crippen molar-refractivity contribution in [3.63, 3.8) is 0 Å². The first-order chi connectivity index (χ1) is 11.1. The van der Waals surface area contributed by atoms with Crippen LogP contribution in [0, 0.1) is 0 Å². The third kappa shape index (κ3) is 3.46. The van der Waals surface area contributed by atoms with E-state index in [-0.39, 0.29) is 5.78 Å². The van der Waals surface area contributed by atoms with E-state index in [1.807, 2.05) is 79.7 Å². The number of rotatable bonds is 4. The molecule has 114 valence electrons. The lowest BCUT2D eigenvalue weighted by molar-refractivity contribution is 0.104. The number of benzene rings is 2. The molecule has 0 radical (unpaired) electrons. The summed E-state index contributed by atoms with van der Waals surface area (Å²) >= 11 is 0. The highest BCUT2D eigenvalue weighted by molar-refractivity contribution is 6.07. The highest BCUT2D eigenvalue weighted by Crippen LogP contribution is 2.16. The Balaban J connectivity index is 1.78. The van der Waals surface area contributed by atoms with Crippen molar-refractivity contribution in [1.29, 1.82) is 0 Å². The van der Waals surface area contributed by atoms with Gasteiger partial charge in [-0.1, -0.05) is 18.2 Å². The first kappa shape index (κ1) is 15.0. The molecule has 0 unspecified atom stereocenters. The number of fused-ring (bicyclic) bond motifs is 1. The maximum absolute atomic E-state index is 12.2. The Kier molecular flexibility index (Phi) is 4.20. The molecule has 1 aromatic heterocycles. The summed E-state index contributed by atoms with van der Waals surface area (Å²) in [6.07, 6.45) is 5.23. The Morgan fingerprint density at radius 1 is 1.04 bits per heavy atom. The molecule has 0 bridgehead atoms. The summed E-state index contributed by atoms with van der Waals surface area (Å²) in [7, 11) is 3.95. The molecule has 0 fully saturated rings. The van der Waals surface area contributed by atoms with Crippen LogP contribution in [0.2, 0.25) is 0 Å². The van der Waals surface area contributed by atoms with Crippen molar-refractivity contribution in [2.75, 3.05) is 19.0 Å². The predicted octanol–water partition coefficient (Wildman–Crippen LogP) is 4.20. The van der Waals surface area contributed by atoms with Crippen LogP contribution >= 0.6 is 0 Å². The van der Waals surface area contributed by atoms with Crippen molar-refractivity contribution < 1.29 is 4.79 Å². The summed E-state index contributed by atoms with van der Waals surface area (Å²) in [4.78, 5) is 18.5. The van der Waals surface area contributed by atoms with Crippen LogP contribution in [-0.4, -0.2) is 24.9 Å². The van der Waals surface area contributed by atoms with Crippen molar-refractivity contribution in [2.24, 2.45) is 0 Å². The molecule has 0 saturated carbocycles. The molecule has 0 aliphatic heterocycles. The largest absolute Gasteiger partial charge is 0.378 e. The summed E-state index contributed by atoms with van der Waals surface area (Å²) in [6.45, 7) is 0. The maximum atomic E-state index is 12.2. The summed E-state index contributed by atoms with van der Waals surface area (Å²) in [5, 5.41) is 1.07. The van der Waals surface area contributed by atoms with Crippen LogP contribution in [0.3, 0.4) is 0 Å². The molecule has 0 aliphatic carbocycles. The normalized spacial score (nSPS) is 11.0. The van der Waals surface area contributed by atoms with Gasteiger partial charge >= 0.3 is 0 Å². The third-order valence-corrected chi connectivity index (χ3v) is 3.72. The van der Waals surface area contributed by atoms with Crippen LogP contribution in [0.5, 0.6) is 0 Å². The van der Waals surface area contributed by atoms with E-state index in [1.54, 1.807) is 12.3 Å². The van der Waals surface area contributed by atoms with E-state index in [1.165, 1.54) is 0 Å². The quantitative estimate of drug-likeness (QED) is 0.535. The van der Waals surface area contributed by atoms with Gasteiger partial charge in [0.15, 0.2) is 5.78 Å². The number of hydrogen-bond donors (Lipinski definition) is 0. The fourth-order valence-corrected chi connectivity index (χ4v) is 2.39. The third-order valence-electron chi connectivity index (χ3n) is 3.72. The van der Waals surface area contributed by atoms with E-state index in [2.05, 4.69) is 4.98 Å². The fourth-order valence-electron chi connectivity index (χ4n) is 2.39. The number of nitrogens with zero attached hydrogens (tertiary/aromatic N) is 2. The van der Waals surface area contributed by atoms with Gasteiger partial charge in [-0.25, -0.2) is 0 Å². The molecule has 23 heavy (non-hydrogen) atoms. The second-order valence-corrected chi connectivity index (χ2v) is 5.59. The van der Waals surface area contributed by atoms with Crippen molar-refractivity contribution in [1.82, 2.24) is 4.98 Å². The van der Waals surface area contributed by atoms with E-state index in [9.17, 15) is 4.79 Å². The van der Waals surface area contributed by atoms with Gasteiger partial charge in [-0.15, -0.1) is 0 Å². The van der Waals surface area contributed by atoms with Crippen LogP contribution in [-0.2, 0) is 0 Å². The van der Waals surface area contributed by atoms with Gasteiger partial charge in [0.05, 0.1) is 5.52 Å². The van der Waals surface area contributed by atoms with Crippen LogP contribution < -0.4 is 4.90 Å². The van der Waals surface area contributed by atoms with Crippen molar-refractivity contribution in [2.45, 2.75) is 0 Å². The van der Waals surface area contributed by atoms with Crippen LogP contribution in [0.25, 0.3) is 17.0 Å². The predicted molar refractivity (Wildman–Crippen MR) is 95.9 cm³/mol. The molecule has 2 aromatic carbocycles. The van der Waals surface area contributed by atoms with Crippen molar-refractivity contribution in [3.05, 3.63) is 78.0 Å². The minimum absolute atomic E-state index is 0.00147. The molecule has 0 saturated heterocycles. The van der Waals surface area contributed by atoms with E-state index in [4.69, 9.17) is 0 Å². The number of carbonyl (C=O) groups is 1. The van der Waals surface area contributed by atoms with Gasteiger partial charge in [-0.3, -0.25) is 9.78 Å². The zero-order chi connectivity index (χ0) is 16.2. The summed E-state index contributed by atoms with van der Waals surface area (Å²) in [6, 6.07) is 17.5. The highest BCUT2D eigenvalue weighted by Gasteiger charge is 2.03. The van der Waals surface area contributed by atoms with E-state index in [0.29, 0.717) is 5.56 Å². The van der Waals surface area contributed by atoms with Gasteiger partial charge in [0.1, 0.15) is 0 Å². The Morgan fingerprint density at radius 2 is 1.83 bits per heavy atom. The average Bonchev–Trinajstić information content (AvgIpc) is 2.59. The Morgan fingerprint density at radius 3 is 2.57 bits per heavy atom.